The zero-order valence-electron chi connectivity index (χ0n) is 9.27. The number of halogens is 1. The van der Waals surface area contributed by atoms with E-state index in [4.69, 9.17) is 11.6 Å². The van der Waals surface area contributed by atoms with Gasteiger partial charge in [-0.25, -0.2) is 0 Å². The molecule has 1 N–H and O–H groups in total. The molecule has 0 radical (unpaired) electrons. The van der Waals surface area contributed by atoms with E-state index in [2.05, 4.69) is 17.1 Å². The maximum absolute atomic E-state index is 5.80. The van der Waals surface area contributed by atoms with Crippen LogP contribution < -0.4 is 5.32 Å². The fourth-order valence-electron chi connectivity index (χ4n) is 1.92. The molecule has 1 fully saturated rings. The van der Waals surface area contributed by atoms with E-state index in [1.807, 2.05) is 0 Å². The standard InChI is InChI=1S/C11H23ClN2/c1-2-11(10-12)13-6-5-9-14-7-3-4-8-14/h11,13H,2-10H2,1H3. The first-order chi connectivity index (χ1) is 6.86. The van der Waals surface area contributed by atoms with Gasteiger partial charge in [0.1, 0.15) is 0 Å². The van der Waals surface area contributed by atoms with Crippen LogP contribution in [0.15, 0.2) is 0 Å². The molecule has 0 aromatic rings. The molecule has 0 aromatic heterocycles. The van der Waals surface area contributed by atoms with E-state index in [1.165, 1.54) is 38.9 Å². The molecule has 1 aliphatic heterocycles. The van der Waals surface area contributed by atoms with Crippen LogP contribution in [0.5, 0.6) is 0 Å². The molecule has 1 saturated heterocycles. The van der Waals surface area contributed by atoms with E-state index in [9.17, 15) is 0 Å². The first-order valence-electron chi connectivity index (χ1n) is 5.88. The summed E-state index contributed by atoms with van der Waals surface area (Å²) in [6.07, 6.45) is 5.18. The van der Waals surface area contributed by atoms with Crippen LogP contribution in [-0.2, 0) is 0 Å². The van der Waals surface area contributed by atoms with Crippen LogP contribution in [0.1, 0.15) is 32.6 Å². The Balaban J connectivity index is 1.92. The Hall–Kier alpha value is 0.210. The van der Waals surface area contributed by atoms with Crippen molar-refractivity contribution in [1.29, 1.82) is 0 Å². The molecule has 1 aliphatic rings. The molecule has 0 aliphatic carbocycles. The van der Waals surface area contributed by atoms with Crippen molar-refractivity contribution in [2.45, 2.75) is 38.6 Å². The second kappa shape index (κ2) is 7.49. The SMILES string of the molecule is CCC(CCl)NCCCN1CCCC1. The van der Waals surface area contributed by atoms with Crippen LogP contribution >= 0.6 is 11.6 Å². The van der Waals surface area contributed by atoms with Crippen LogP contribution in [0.4, 0.5) is 0 Å². The largest absolute Gasteiger partial charge is 0.313 e. The summed E-state index contributed by atoms with van der Waals surface area (Å²) in [7, 11) is 0. The molecule has 0 amide bonds. The lowest BCUT2D eigenvalue weighted by molar-refractivity contribution is 0.328. The lowest BCUT2D eigenvalue weighted by Gasteiger charge is -2.17. The lowest BCUT2D eigenvalue weighted by atomic mass is 10.2. The Morgan fingerprint density at radius 1 is 1.36 bits per heavy atom. The number of rotatable bonds is 7. The van der Waals surface area contributed by atoms with Crippen LogP contribution in [-0.4, -0.2) is 43.0 Å². The highest BCUT2D eigenvalue weighted by molar-refractivity contribution is 6.18. The minimum Gasteiger partial charge on any atom is -0.313 e. The lowest BCUT2D eigenvalue weighted by Crippen LogP contribution is -2.32. The molecule has 1 rings (SSSR count). The molecule has 84 valence electrons. The summed E-state index contributed by atoms with van der Waals surface area (Å²) >= 11 is 5.80. The molecule has 0 aromatic carbocycles. The molecule has 1 atom stereocenters. The third-order valence-electron chi connectivity index (χ3n) is 2.96. The summed E-state index contributed by atoms with van der Waals surface area (Å²) in [6, 6.07) is 0.509. The molecule has 0 spiro atoms. The van der Waals surface area contributed by atoms with E-state index < -0.39 is 0 Å². The summed E-state index contributed by atoms with van der Waals surface area (Å²) in [5.41, 5.74) is 0. The van der Waals surface area contributed by atoms with Crippen molar-refractivity contribution in [2.24, 2.45) is 0 Å². The van der Waals surface area contributed by atoms with Crippen LogP contribution in [0.25, 0.3) is 0 Å². The van der Waals surface area contributed by atoms with Crippen LogP contribution in [0.2, 0.25) is 0 Å². The smallest absolute Gasteiger partial charge is 0.0377 e. The highest BCUT2D eigenvalue weighted by Crippen LogP contribution is 2.07. The minimum absolute atomic E-state index is 0.509. The van der Waals surface area contributed by atoms with E-state index in [-0.39, 0.29) is 0 Å². The molecule has 0 saturated carbocycles. The molecule has 14 heavy (non-hydrogen) atoms. The number of nitrogens with one attached hydrogen (secondary N) is 1. The average Bonchev–Trinajstić information content (AvgIpc) is 2.71. The van der Waals surface area contributed by atoms with Gasteiger partial charge in [-0.15, -0.1) is 11.6 Å². The van der Waals surface area contributed by atoms with Crippen molar-refractivity contribution in [3.05, 3.63) is 0 Å². The highest BCUT2D eigenvalue weighted by atomic mass is 35.5. The highest BCUT2D eigenvalue weighted by Gasteiger charge is 2.10. The van der Waals surface area contributed by atoms with E-state index in [1.54, 1.807) is 0 Å². The summed E-state index contributed by atoms with van der Waals surface area (Å²) in [5, 5.41) is 3.48. The number of alkyl halides is 1. The van der Waals surface area contributed by atoms with Crippen LogP contribution in [0, 0.1) is 0 Å². The maximum atomic E-state index is 5.80. The molecular formula is C11H23ClN2. The maximum Gasteiger partial charge on any atom is 0.0377 e. The van der Waals surface area contributed by atoms with Gasteiger partial charge in [0.05, 0.1) is 0 Å². The third-order valence-corrected chi connectivity index (χ3v) is 3.33. The molecule has 1 heterocycles. The van der Waals surface area contributed by atoms with Crippen molar-refractivity contribution < 1.29 is 0 Å². The number of nitrogens with zero attached hydrogens (tertiary/aromatic N) is 1. The molecule has 1 unspecified atom stereocenters. The van der Waals surface area contributed by atoms with Gasteiger partial charge in [-0.3, -0.25) is 0 Å². The van der Waals surface area contributed by atoms with Gasteiger partial charge in [-0.05, 0) is 51.9 Å². The van der Waals surface area contributed by atoms with Gasteiger partial charge in [-0.1, -0.05) is 6.92 Å². The molecule has 2 nitrogen and oxygen atoms in total. The van der Waals surface area contributed by atoms with Gasteiger partial charge < -0.3 is 10.2 Å². The summed E-state index contributed by atoms with van der Waals surface area (Å²) in [5.74, 6) is 0.736. The molecule has 0 bridgehead atoms. The third kappa shape index (κ3) is 4.63. The summed E-state index contributed by atoms with van der Waals surface area (Å²) in [4.78, 5) is 2.56. The zero-order chi connectivity index (χ0) is 10.2. The van der Waals surface area contributed by atoms with Crippen molar-refractivity contribution in [3.8, 4) is 0 Å². The van der Waals surface area contributed by atoms with E-state index in [0.717, 1.165) is 18.8 Å². The second-order valence-corrected chi connectivity index (χ2v) is 4.42. The average molecular weight is 219 g/mol. The topological polar surface area (TPSA) is 15.3 Å². The Morgan fingerprint density at radius 3 is 2.64 bits per heavy atom. The van der Waals surface area contributed by atoms with Gasteiger partial charge >= 0.3 is 0 Å². The van der Waals surface area contributed by atoms with Gasteiger partial charge in [0.2, 0.25) is 0 Å². The number of hydrogen-bond donors (Lipinski definition) is 1. The quantitative estimate of drug-likeness (QED) is 0.520. The monoisotopic (exact) mass is 218 g/mol. The van der Waals surface area contributed by atoms with Gasteiger partial charge in [0.25, 0.3) is 0 Å². The van der Waals surface area contributed by atoms with E-state index in [0.29, 0.717) is 6.04 Å². The Labute approximate surface area is 93.0 Å². The predicted octanol–water partition coefficient (Wildman–Crippen LogP) is 2.08. The first kappa shape index (κ1) is 12.3. The van der Waals surface area contributed by atoms with Crippen molar-refractivity contribution in [2.75, 3.05) is 32.1 Å². The summed E-state index contributed by atoms with van der Waals surface area (Å²) < 4.78 is 0. The molecular weight excluding hydrogens is 196 g/mol. The fourth-order valence-corrected chi connectivity index (χ4v) is 2.25. The Kier molecular flexibility index (Phi) is 6.57. The van der Waals surface area contributed by atoms with Crippen molar-refractivity contribution in [3.63, 3.8) is 0 Å². The van der Waals surface area contributed by atoms with Gasteiger partial charge in [0, 0.05) is 11.9 Å². The normalized spacial score (nSPS) is 20.1. The second-order valence-electron chi connectivity index (χ2n) is 4.12. The zero-order valence-corrected chi connectivity index (χ0v) is 10.0. The Morgan fingerprint density at radius 2 is 2.07 bits per heavy atom. The van der Waals surface area contributed by atoms with Crippen LogP contribution in [0.3, 0.4) is 0 Å². The number of likely N-dealkylation sites (tertiary alicyclic amines) is 1. The predicted molar refractivity (Wildman–Crippen MR) is 63.1 cm³/mol. The van der Waals surface area contributed by atoms with Crippen molar-refractivity contribution in [1.82, 2.24) is 10.2 Å². The van der Waals surface area contributed by atoms with E-state index >= 15 is 0 Å². The van der Waals surface area contributed by atoms with Gasteiger partial charge in [-0.2, -0.15) is 0 Å². The minimum atomic E-state index is 0.509. The first-order valence-corrected chi connectivity index (χ1v) is 6.42. The fraction of sp³-hybridized carbons (Fsp3) is 1.00. The molecule has 3 heteroatoms. The Bertz CT molecular complexity index is 127. The number of hydrogen-bond acceptors (Lipinski definition) is 2. The van der Waals surface area contributed by atoms with Gasteiger partial charge in [0.15, 0.2) is 0 Å². The summed E-state index contributed by atoms with van der Waals surface area (Å²) in [6.45, 7) is 7.17. The van der Waals surface area contributed by atoms with Crippen molar-refractivity contribution >= 4 is 11.6 Å².